The van der Waals surface area contributed by atoms with Gasteiger partial charge in [-0.15, -0.1) is 0 Å². The average Bonchev–Trinajstić information content (AvgIpc) is 2.71. The molecule has 0 saturated carbocycles. The van der Waals surface area contributed by atoms with Gasteiger partial charge in [0, 0.05) is 12.1 Å². The number of hydrogen-bond acceptors (Lipinski definition) is 3. The molecule has 29 heavy (non-hydrogen) atoms. The standard InChI is InChI=1S/C24H31N3O2/c1-18(2)20-13-11-19(12-14-20)17-22(24(29)25-15-8-16-27(3)4)26-23(28)21-9-6-5-7-10-21/h5-7,9-14,17-18H,8,15-16H2,1-4H3,(H,25,29)(H,26,28). The molecule has 2 rings (SSSR count). The van der Waals surface area contributed by atoms with Crippen LogP contribution in [0.25, 0.3) is 6.08 Å². The highest BCUT2D eigenvalue weighted by molar-refractivity contribution is 6.05. The lowest BCUT2D eigenvalue weighted by Gasteiger charge is -2.13. The van der Waals surface area contributed by atoms with Crippen LogP contribution in [0, 0.1) is 0 Å². The molecule has 0 saturated heterocycles. The van der Waals surface area contributed by atoms with Gasteiger partial charge in [0.1, 0.15) is 5.70 Å². The van der Waals surface area contributed by atoms with Crippen molar-refractivity contribution in [3.63, 3.8) is 0 Å². The summed E-state index contributed by atoms with van der Waals surface area (Å²) < 4.78 is 0. The second kappa shape index (κ2) is 11.2. The number of amides is 2. The van der Waals surface area contributed by atoms with Crippen LogP contribution in [0.5, 0.6) is 0 Å². The van der Waals surface area contributed by atoms with E-state index in [2.05, 4.69) is 29.4 Å². The monoisotopic (exact) mass is 393 g/mol. The molecule has 0 unspecified atom stereocenters. The molecule has 2 aromatic rings. The fourth-order valence-electron chi connectivity index (χ4n) is 2.78. The Balaban J connectivity index is 2.17. The van der Waals surface area contributed by atoms with Crippen LogP contribution in [0.4, 0.5) is 0 Å². The highest BCUT2D eigenvalue weighted by Crippen LogP contribution is 2.16. The van der Waals surface area contributed by atoms with Crippen LogP contribution in [0.3, 0.4) is 0 Å². The number of carbonyl (C=O) groups is 2. The van der Waals surface area contributed by atoms with Gasteiger partial charge < -0.3 is 15.5 Å². The van der Waals surface area contributed by atoms with Crippen molar-refractivity contribution < 1.29 is 9.59 Å². The topological polar surface area (TPSA) is 61.4 Å². The van der Waals surface area contributed by atoms with E-state index < -0.39 is 0 Å². The molecule has 5 heteroatoms. The van der Waals surface area contributed by atoms with Crippen molar-refractivity contribution in [2.75, 3.05) is 27.2 Å². The Morgan fingerprint density at radius 2 is 1.66 bits per heavy atom. The summed E-state index contributed by atoms with van der Waals surface area (Å²) in [6.45, 7) is 5.70. The minimum Gasteiger partial charge on any atom is -0.351 e. The van der Waals surface area contributed by atoms with Crippen molar-refractivity contribution >= 4 is 17.9 Å². The third kappa shape index (κ3) is 7.54. The van der Waals surface area contributed by atoms with Crippen molar-refractivity contribution in [1.82, 2.24) is 15.5 Å². The Bertz CT molecular complexity index is 825. The molecule has 0 radical (unpaired) electrons. The number of benzene rings is 2. The molecule has 0 bridgehead atoms. The van der Waals surface area contributed by atoms with Gasteiger partial charge in [0.25, 0.3) is 11.8 Å². The smallest absolute Gasteiger partial charge is 0.267 e. The number of hydrogen-bond donors (Lipinski definition) is 2. The predicted molar refractivity (Wildman–Crippen MR) is 119 cm³/mol. The highest BCUT2D eigenvalue weighted by atomic mass is 16.2. The number of nitrogens with one attached hydrogen (secondary N) is 2. The SMILES string of the molecule is CC(C)c1ccc(C=C(NC(=O)c2ccccc2)C(=O)NCCCN(C)C)cc1. The summed E-state index contributed by atoms with van der Waals surface area (Å²) in [7, 11) is 3.99. The van der Waals surface area contributed by atoms with Gasteiger partial charge in [-0.1, -0.05) is 56.3 Å². The largest absolute Gasteiger partial charge is 0.351 e. The Kier molecular flexibility index (Phi) is 8.62. The summed E-state index contributed by atoms with van der Waals surface area (Å²) in [5, 5.41) is 5.66. The fourth-order valence-corrected chi connectivity index (χ4v) is 2.78. The van der Waals surface area contributed by atoms with E-state index >= 15 is 0 Å². The molecule has 0 heterocycles. The Morgan fingerprint density at radius 3 is 2.24 bits per heavy atom. The van der Waals surface area contributed by atoms with E-state index in [0.29, 0.717) is 18.0 Å². The van der Waals surface area contributed by atoms with Crippen LogP contribution < -0.4 is 10.6 Å². The van der Waals surface area contributed by atoms with Crippen molar-refractivity contribution in [1.29, 1.82) is 0 Å². The summed E-state index contributed by atoms with van der Waals surface area (Å²) in [5.41, 5.74) is 2.83. The molecule has 2 amide bonds. The first-order valence-electron chi connectivity index (χ1n) is 9.98. The molecular weight excluding hydrogens is 362 g/mol. The minimum atomic E-state index is -0.306. The molecule has 0 fully saturated rings. The van der Waals surface area contributed by atoms with Crippen LogP contribution in [0.1, 0.15) is 47.7 Å². The quantitative estimate of drug-likeness (QED) is 0.505. The number of rotatable bonds is 9. The van der Waals surface area contributed by atoms with Crippen LogP contribution >= 0.6 is 0 Å². The van der Waals surface area contributed by atoms with E-state index in [1.165, 1.54) is 5.56 Å². The molecule has 0 aromatic heterocycles. The maximum absolute atomic E-state index is 12.7. The molecule has 154 valence electrons. The first kappa shape index (κ1) is 22.4. The molecule has 0 aliphatic heterocycles. The normalized spacial score (nSPS) is 11.6. The van der Waals surface area contributed by atoms with Crippen molar-refractivity contribution in [2.24, 2.45) is 0 Å². The molecule has 2 N–H and O–H groups in total. The molecule has 0 spiro atoms. The van der Waals surface area contributed by atoms with Gasteiger partial charge in [0.15, 0.2) is 0 Å². The molecule has 0 aliphatic rings. The van der Waals surface area contributed by atoms with Crippen LogP contribution in [-0.2, 0) is 4.79 Å². The van der Waals surface area contributed by atoms with Crippen molar-refractivity contribution in [3.05, 3.63) is 77.0 Å². The van der Waals surface area contributed by atoms with E-state index in [9.17, 15) is 9.59 Å². The first-order chi connectivity index (χ1) is 13.9. The predicted octanol–water partition coefficient (Wildman–Crippen LogP) is 3.65. The van der Waals surface area contributed by atoms with E-state index in [1.54, 1.807) is 30.3 Å². The Labute approximate surface area is 173 Å². The minimum absolute atomic E-state index is 0.237. The lowest BCUT2D eigenvalue weighted by molar-refractivity contribution is -0.117. The van der Waals surface area contributed by atoms with E-state index in [4.69, 9.17) is 0 Å². The van der Waals surface area contributed by atoms with Gasteiger partial charge in [-0.25, -0.2) is 0 Å². The van der Waals surface area contributed by atoms with E-state index in [-0.39, 0.29) is 17.5 Å². The summed E-state index contributed by atoms with van der Waals surface area (Å²) >= 11 is 0. The number of nitrogens with zero attached hydrogens (tertiary/aromatic N) is 1. The molecular formula is C24H31N3O2. The van der Waals surface area contributed by atoms with Crippen molar-refractivity contribution in [3.8, 4) is 0 Å². The fraction of sp³-hybridized carbons (Fsp3) is 0.333. The van der Waals surface area contributed by atoms with Gasteiger partial charge in [-0.2, -0.15) is 0 Å². The third-order valence-electron chi connectivity index (χ3n) is 4.51. The van der Waals surface area contributed by atoms with Gasteiger partial charge in [-0.05, 0) is 62.3 Å². The summed E-state index contributed by atoms with van der Waals surface area (Å²) in [4.78, 5) is 27.4. The van der Waals surface area contributed by atoms with Gasteiger partial charge >= 0.3 is 0 Å². The lowest BCUT2D eigenvalue weighted by atomic mass is 10.0. The van der Waals surface area contributed by atoms with Crippen LogP contribution in [-0.4, -0.2) is 43.9 Å². The zero-order valence-corrected chi connectivity index (χ0v) is 17.7. The average molecular weight is 394 g/mol. The highest BCUT2D eigenvalue weighted by Gasteiger charge is 2.14. The summed E-state index contributed by atoms with van der Waals surface area (Å²) in [6, 6.07) is 16.9. The zero-order valence-electron chi connectivity index (χ0n) is 17.7. The second-order valence-electron chi connectivity index (χ2n) is 7.61. The van der Waals surface area contributed by atoms with Crippen LogP contribution in [0.15, 0.2) is 60.3 Å². The zero-order chi connectivity index (χ0) is 21.2. The number of carbonyl (C=O) groups excluding carboxylic acids is 2. The maximum atomic E-state index is 12.7. The Morgan fingerprint density at radius 1 is 1.00 bits per heavy atom. The van der Waals surface area contributed by atoms with Crippen LogP contribution in [0.2, 0.25) is 0 Å². The lowest BCUT2D eigenvalue weighted by Crippen LogP contribution is -2.36. The Hall–Kier alpha value is -2.92. The maximum Gasteiger partial charge on any atom is 0.267 e. The first-order valence-corrected chi connectivity index (χ1v) is 9.98. The second-order valence-corrected chi connectivity index (χ2v) is 7.61. The third-order valence-corrected chi connectivity index (χ3v) is 4.51. The van der Waals surface area contributed by atoms with Gasteiger partial charge in [0.05, 0.1) is 0 Å². The molecule has 0 atom stereocenters. The summed E-state index contributed by atoms with van der Waals surface area (Å²) in [6.07, 6.45) is 2.55. The molecule has 5 nitrogen and oxygen atoms in total. The van der Waals surface area contributed by atoms with E-state index in [1.807, 2.05) is 44.4 Å². The molecule has 0 aliphatic carbocycles. The van der Waals surface area contributed by atoms with Gasteiger partial charge in [-0.3, -0.25) is 9.59 Å². The summed E-state index contributed by atoms with van der Waals surface area (Å²) in [5.74, 6) is -0.162. The molecule has 2 aromatic carbocycles. The van der Waals surface area contributed by atoms with Crippen molar-refractivity contribution in [2.45, 2.75) is 26.2 Å². The van der Waals surface area contributed by atoms with E-state index in [0.717, 1.165) is 18.5 Å². The van der Waals surface area contributed by atoms with Gasteiger partial charge in [0.2, 0.25) is 0 Å².